The fraction of sp³-hybridized carbons (Fsp3) is 0.526. The Balaban J connectivity index is 2.69. The van der Waals surface area contributed by atoms with Crippen molar-refractivity contribution < 1.29 is 14.1 Å². The summed E-state index contributed by atoms with van der Waals surface area (Å²) >= 11 is 12.2. The van der Waals surface area contributed by atoms with Crippen molar-refractivity contribution >= 4 is 40.2 Å². The van der Waals surface area contributed by atoms with Crippen LogP contribution in [-0.2, 0) is 15.8 Å². The Labute approximate surface area is 167 Å². The number of carboxylic acid groups (broad SMARTS) is 1. The first kappa shape index (κ1) is 21.4. The van der Waals surface area contributed by atoms with E-state index in [2.05, 4.69) is 0 Å². The van der Waals surface area contributed by atoms with Crippen LogP contribution in [0.2, 0.25) is 10.0 Å². The highest BCUT2D eigenvalue weighted by Gasteiger charge is 2.48. The van der Waals surface area contributed by atoms with Gasteiger partial charge in [-0.3, -0.25) is 0 Å². The molecule has 3 atom stereocenters. The molecule has 0 aromatic heterocycles. The van der Waals surface area contributed by atoms with Crippen molar-refractivity contribution in [3.8, 4) is 0 Å². The molecular weight excluding hydrogens is 393 g/mol. The molecule has 26 heavy (non-hydrogen) atoms. The van der Waals surface area contributed by atoms with Gasteiger partial charge in [-0.2, -0.15) is 0 Å². The van der Waals surface area contributed by atoms with Crippen LogP contribution >= 0.6 is 23.2 Å². The molecule has 144 valence electrons. The zero-order valence-corrected chi connectivity index (χ0v) is 18.2. The summed E-state index contributed by atoms with van der Waals surface area (Å²) in [6, 6.07) is 4.08. The monoisotopic (exact) mass is 417 g/mol. The van der Waals surface area contributed by atoms with E-state index in [-0.39, 0.29) is 17.0 Å². The number of halogens is 2. The molecule has 7 heteroatoms. The highest BCUT2D eigenvalue weighted by atomic mass is 35.5. The van der Waals surface area contributed by atoms with E-state index in [1.165, 1.54) is 0 Å². The zero-order valence-electron chi connectivity index (χ0n) is 15.8. The van der Waals surface area contributed by atoms with Crippen LogP contribution in [0, 0.1) is 5.41 Å². The van der Waals surface area contributed by atoms with Crippen molar-refractivity contribution in [2.24, 2.45) is 5.41 Å². The first-order valence-corrected chi connectivity index (χ1v) is 10.2. The lowest BCUT2D eigenvalue weighted by atomic mass is 9.87. The Morgan fingerprint density at radius 3 is 2.12 bits per heavy atom. The zero-order chi connectivity index (χ0) is 20.0. The molecule has 0 bridgehead atoms. The molecular formula is C19H25Cl2NO3S. The highest BCUT2D eigenvalue weighted by Crippen LogP contribution is 2.46. The quantitative estimate of drug-likeness (QED) is 0.731. The minimum atomic E-state index is -1.43. The molecule has 0 amide bonds. The number of benzene rings is 1. The predicted molar refractivity (Wildman–Crippen MR) is 108 cm³/mol. The van der Waals surface area contributed by atoms with E-state index in [0.29, 0.717) is 15.6 Å². The van der Waals surface area contributed by atoms with E-state index in [4.69, 9.17) is 23.2 Å². The predicted octanol–water partition coefficient (Wildman–Crippen LogP) is 5.24. The standard InChI is InChI=1S/C19H25Cl2NO3S/c1-18(2,3)15-10-12(17(23)24)16(22(15)26(25)19(4,5)6)11-7-8-13(20)14(21)9-11/h7-10,15-16H,1-6H3,(H,23,24). The third-order valence-electron chi connectivity index (χ3n) is 4.27. The summed E-state index contributed by atoms with van der Waals surface area (Å²) in [6.07, 6.45) is 1.72. The van der Waals surface area contributed by atoms with Crippen molar-refractivity contribution in [1.82, 2.24) is 4.31 Å². The first-order chi connectivity index (χ1) is 11.7. The van der Waals surface area contributed by atoms with Gasteiger partial charge in [0.25, 0.3) is 0 Å². The van der Waals surface area contributed by atoms with Gasteiger partial charge in [0.05, 0.1) is 26.4 Å². The van der Waals surface area contributed by atoms with Crippen molar-refractivity contribution in [3.05, 3.63) is 45.5 Å². The number of rotatable bonds is 3. The van der Waals surface area contributed by atoms with E-state index in [9.17, 15) is 14.1 Å². The summed E-state index contributed by atoms with van der Waals surface area (Å²) in [5.74, 6) is -1.02. The number of carboxylic acids is 1. The largest absolute Gasteiger partial charge is 0.478 e. The van der Waals surface area contributed by atoms with Crippen LogP contribution in [0.25, 0.3) is 0 Å². The van der Waals surface area contributed by atoms with Gasteiger partial charge in [0.1, 0.15) is 11.0 Å². The summed E-state index contributed by atoms with van der Waals surface area (Å²) in [5, 5.41) is 10.5. The second-order valence-corrected chi connectivity index (χ2v) is 11.5. The van der Waals surface area contributed by atoms with Gasteiger partial charge in [0.2, 0.25) is 0 Å². The summed E-state index contributed by atoms with van der Waals surface area (Å²) in [6.45, 7) is 11.7. The van der Waals surface area contributed by atoms with Gasteiger partial charge >= 0.3 is 5.97 Å². The van der Waals surface area contributed by atoms with Gasteiger partial charge < -0.3 is 5.11 Å². The summed E-state index contributed by atoms with van der Waals surface area (Å²) in [4.78, 5) is 12.0. The van der Waals surface area contributed by atoms with E-state index < -0.39 is 27.7 Å². The molecule has 1 heterocycles. The van der Waals surface area contributed by atoms with Crippen LogP contribution in [0.4, 0.5) is 0 Å². The van der Waals surface area contributed by atoms with Gasteiger partial charge in [-0.05, 0) is 43.9 Å². The molecule has 0 saturated carbocycles. The maximum Gasteiger partial charge on any atom is 0.333 e. The summed E-state index contributed by atoms with van der Waals surface area (Å²) in [7, 11) is -1.43. The number of carbonyl (C=O) groups is 1. The second-order valence-electron chi connectivity index (χ2n) is 8.54. The molecule has 3 unspecified atom stereocenters. The van der Waals surface area contributed by atoms with E-state index in [0.717, 1.165) is 0 Å². The van der Waals surface area contributed by atoms with Gasteiger partial charge in [0.15, 0.2) is 0 Å². The summed E-state index contributed by atoms with van der Waals surface area (Å²) < 4.78 is 14.6. The Hall–Kier alpha value is -0.880. The van der Waals surface area contributed by atoms with Crippen molar-refractivity contribution in [1.29, 1.82) is 0 Å². The highest BCUT2D eigenvalue weighted by molar-refractivity contribution is 7.84. The molecule has 1 N–H and O–H groups in total. The fourth-order valence-electron chi connectivity index (χ4n) is 2.98. The number of nitrogens with zero attached hydrogens (tertiary/aromatic N) is 1. The lowest BCUT2D eigenvalue weighted by Crippen LogP contribution is -2.47. The van der Waals surface area contributed by atoms with Gasteiger partial charge in [-0.1, -0.05) is 56.1 Å². The third-order valence-corrected chi connectivity index (χ3v) is 6.88. The van der Waals surface area contributed by atoms with Gasteiger partial charge in [0, 0.05) is 6.04 Å². The van der Waals surface area contributed by atoms with Crippen LogP contribution in [0.5, 0.6) is 0 Å². The van der Waals surface area contributed by atoms with E-state index >= 15 is 0 Å². The van der Waals surface area contributed by atoms with Gasteiger partial charge in [-0.15, -0.1) is 0 Å². The maximum absolute atomic E-state index is 13.4. The Morgan fingerprint density at radius 1 is 1.12 bits per heavy atom. The van der Waals surface area contributed by atoms with E-state index in [1.54, 1.807) is 28.6 Å². The van der Waals surface area contributed by atoms with Crippen LogP contribution in [0.3, 0.4) is 0 Å². The average molecular weight is 418 g/mol. The van der Waals surface area contributed by atoms with Crippen LogP contribution in [0.1, 0.15) is 53.1 Å². The van der Waals surface area contributed by atoms with E-state index in [1.807, 2.05) is 41.5 Å². The lowest BCUT2D eigenvalue weighted by molar-refractivity contribution is -0.133. The van der Waals surface area contributed by atoms with Crippen molar-refractivity contribution in [3.63, 3.8) is 0 Å². The Kier molecular flexibility index (Phi) is 5.99. The normalized spacial score (nSPS) is 23.0. The van der Waals surface area contributed by atoms with Crippen molar-refractivity contribution in [2.75, 3.05) is 0 Å². The number of hydrogen-bond acceptors (Lipinski definition) is 2. The molecule has 0 radical (unpaired) electrons. The number of hydrogen-bond donors (Lipinski definition) is 1. The number of aliphatic carboxylic acids is 1. The smallest absolute Gasteiger partial charge is 0.333 e. The molecule has 0 spiro atoms. The van der Waals surface area contributed by atoms with Crippen LogP contribution in [0.15, 0.2) is 29.8 Å². The molecule has 0 aliphatic carbocycles. The van der Waals surface area contributed by atoms with Crippen LogP contribution in [-0.4, -0.2) is 30.4 Å². The maximum atomic E-state index is 13.4. The molecule has 0 saturated heterocycles. The molecule has 1 aromatic rings. The Morgan fingerprint density at radius 2 is 1.69 bits per heavy atom. The first-order valence-electron chi connectivity index (χ1n) is 8.35. The Bertz CT molecular complexity index is 778. The topological polar surface area (TPSA) is 57.6 Å². The van der Waals surface area contributed by atoms with Crippen LogP contribution < -0.4 is 0 Å². The SMILES string of the molecule is CC(C)(C)C1C=C(C(=O)O)C(c2ccc(Cl)c(Cl)c2)N1S(=O)C(C)(C)C. The molecule has 1 aromatic carbocycles. The molecule has 4 nitrogen and oxygen atoms in total. The molecule has 2 rings (SSSR count). The molecule has 0 fully saturated rings. The minimum absolute atomic E-state index is 0.209. The third kappa shape index (κ3) is 4.16. The summed E-state index contributed by atoms with van der Waals surface area (Å²) in [5.41, 5.74) is 0.574. The lowest BCUT2D eigenvalue weighted by Gasteiger charge is -2.40. The van der Waals surface area contributed by atoms with Gasteiger partial charge in [-0.25, -0.2) is 13.3 Å². The van der Waals surface area contributed by atoms with Crippen molar-refractivity contribution in [2.45, 2.75) is 58.4 Å². The minimum Gasteiger partial charge on any atom is -0.478 e. The molecule has 1 aliphatic rings. The second kappa shape index (κ2) is 7.27. The fourth-order valence-corrected chi connectivity index (χ4v) is 4.93. The molecule has 1 aliphatic heterocycles. The average Bonchev–Trinajstić information content (AvgIpc) is 2.88.